The minimum Gasteiger partial charge on any atom is -0.444 e. The Morgan fingerprint density at radius 1 is 1.35 bits per heavy atom. The highest BCUT2D eigenvalue weighted by molar-refractivity contribution is 14.0. The monoisotopic (exact) mass is 386 g/mol. The van der Waals surface area contributed by atoms with Crippen LogP contribution in [0.1, 0.15) is 22.9 Å². The van der Waals surface area contributed by atoms with Crippen molar-refractivity contribution in [2.75, 3.05) is 5.32 Å². The molecule has 0 saturated carbocycles. The molecule has 5 nitrogen and oxygen atoms in total. The van der Waals surface area contributed by atoms with Gasteiger partial charge in [-0.2, -0.15) is 0 Å². The third-order valence-electron chi connectivity index (χ3n) is 2.75. The Morgan fingerprint density at radius 3 is 2.70 bits per heavy atom. The van der Waals surface area contributed by atoms with Crippen LogP contribution in [0.5, 0.6) is 0 Å². The van der Waals surface area contributed by atoms with Crippen molar-refractivity contribution in [1.29, 1.82) is 0 Å². The van der Waals surface area contributed by atoms with Crippen molar-refractivity contribution in [2.24, 2.45) is 10.7 Å². The lowest BCUT2D eigenvalue weighted by Crippen LogP contribution is -2.22. The molecule has 20 heavy (non-hydrogen) atoms. The summed E-state index contributed by atoms with van der Waals surface area (Å²) in [7, 11) is 0. The van der Waals surface area contributed by atoms with Gasteiger partial charge in [0.1, 0.15) is 12.3 Å². The van der Waals surface area contributed by atoms with Gasteiger partial charge in [0.15, 0.2) is 5.96 Å². The van der Waals surface area contributed by atoms with Crippen LogP contribution in [-0.4, -0.2) is 10.9 Å². The largest absolute Gasteiger partial charge is 0.444 e. The maximum absolute atomic E-state index is 5.82. The standard InChI is InChI=1S/C14H18N4O.HI/c1-9-5-4-6-12(7-9)18-14(15)16-8-13-17-10(2)11(3)19-13;/h4-7H,8H2,1-3H3,(H3,15,16,18);1H. The Bertz CT molecular complexity index is 587. The molecule has 1 aromatic heterocycles. The summed E-state index contributed by atoms with van der Waals surface area (Å²) in [5.41, 5.74) is 8.78. The predicted molar refractivity (Wildman–Crippen MR) is 91.5 cm³/mol. The van der Waals surface area contributed by atoms with Crippen LogP contribution in [0.3, 0.4) is 0 Å². The van der Waals surface area contributed by atoms with Crippen molar-refractivity contribution in [3.63, 3.8) is 0 Å². The van der Waals surface area contributed by atoms with Gasteiger partial charge in [0, 0.05) is 5.69 Å². The zero-order chi connectivity index (χ0) is 13.8. The lowest BCUT2D eigenvalue weighted by atomic mass is 10.2. The number of aliphatic imine (C=N–C) groups is 1. The number of benzene rings is 1. The summed E-state index contributed by atoms with van der Waals surface area (Å²) in [6, 6.07) is 7.93. The molecule has 1 heterocycles. The molecule has 3 N–H and O–H groups in total. The maximum atomic E-state index is 5.82. The summed E-state index contributed by atoms with van der Waals surface area (Å²) in [4.78, 5) is 8.45. The number of nitrogens with two attached hydrogens (primary N) is 1. The third kappa shape index (κ3) is 4.52. The summed E-state index contributed by atoms with van der Waals surface area (Å²) < 4.78 is 5.43. The first kappa shape index (κ1) is 16.5. The smallest absolute Gasteiger partial charge is 0.216 e. The van der Waals surface area contributed by atoms with Crippen LogP contribution in [0.4, 0.5) is 5.69 Å². The Hall–Kier alpha value is -1.57. The van der Waals surface area contributed by atoms with Gasteiger partial charge in [-0.25, -0.2) is 9.98 Å². The number of anilines is 1. The minimum atomic E-state index is 0. The van der Waals surface area contributed by atoms with E-state index in [0.29, 0.717) is 18.4 Å². The molecule has 0 bridgehead atoms. The predicted octanol–water partition coefficient (Wildman–Crippen LogP) is 3.14. The van der Waals surface area contributed by atoms with E-state index in [2.05, 4.69) is 15.3 Å². The van der Waals surface area contributed by atoms with Crippen molar-refractivity contribution in [3.8, 4) is 0 Å². The Morgan fingerprint density at radius 2 is 2.10 bits per heavy atom. The molecule has 0 spiro atoms. The summed E-state index contributed by atoms with van der Waals surface area (Å²) in [5.74, 6) is 1.73. The van der Waals surface area contributed by atoms with Crippen LogP contribution in [0.15, 0.2) is 33.7 Å². The van der Waals surface area contributed by atoms with Crippen molar-refractivity contribution < 1.29 is 4.42 Å². The van der Waals surface area contributed by atoms with E-state index < -0.39 is 0 Å². The molecule has 0 radical (unpaired) electrons. The third-order valence-corrected chi connectivity index (χ3v) is 2.75. The van der Waals surface area contributed by atoms with Crippen LogP contribution >= 0.6 is 24.0 Å². The highest BCUT2D eigenvalue weighted by Crippen LogP contribution is 2.10. The number of hydrogen-bond acceptors (Lipinski definition) is 3. The Balaban J connectivity index is 0.00000200. The molecule has 1 aromatic carbocycles. The van der Waals surface area contributed by atoms with Gasteiger partial charge >= 0.3 is 0 Å². The van der Waals surface area contributed by atoms with Crippen molar-refractivity contribution in [3.05, 3.63) is 47.2 Å². The molecular formula is C14H19IN4O. The average Bonchev–Trinajstić information content (AvgIpc) is 2.66. The van der Waals surface area contributed by atoms with E-state index in [1.165, 1.54) is 0 Å². The summed E-state index contributed by atoms with van der Waals surface area (Å²) in [6.45, 7) is 6.14. The van der Waals surface area contributed by atoms with Gasteiger partial charge in [-0.3, -0.25) is 0 Å². The number of guanidine groups is 1. The molecule has 0 saturated heterocycles. The van der Waals surface area contributed by atoms with E-state index in [0.717, 1.165) is 22.7 Å². The van der Waals surface area contributed by atoms with E-state index >= 15 is 0 Å². The number of aryl methyl sites for hydroxylation is 3. The summed E-state index contributed by atoms with van der Waals surface area (Å²) in [6.07, 6.45) is 0. The summed E-state index contributed by atoms with van der Waals surface area (Å²) in [5, 5.41) is 3.03. The van der Waals surface area contributed by atoms with Crippen molar-refractivity contribution >= 4 is 35.6 Å². The summed E-state index contributed by atoms with van der Waals surface area (Å²) >= 11 is 0. The van der Waals surface area contributed by atoms with E-state index in [1.54, 1.807) is 0 Å². The fourth-order valence-electron chi connectivity index (χ4n) is 1.67. The number of halogens is 1. The fraction of sp³-hybridized carbons (Fsp3) is 0.286. The molecule has 0 unspecified atom stereocenters. The molecule has 108 valence electrons. The zero-order valence-corrected chi connectivity index (χ0v) is 14.1. The highest BCUT2D eigenvalue weighted by atomic mass is 127. The Labute approximate surface area is 135 Å². The van der Waals surface area contributed by atoms with Crippen molar-refractivity contribution in [1.82, 2.24) is 4.98 Å². The molecule has 0 aliphatic rings. The van der Waals surface area contributed by atoms with Gasteiger partial charge in [-0.05, 0) is 38.5 Å². The number of rotatable bonds is 3. The minimum absolute atomic E-state index is 0. The first-order valence-corrected chi connectivity index (χ1v) is 6.11. The number of oxazole rings is 1. The number of nitrogens with zero attached hydrogens (tertiary/aromatic N) is 2. The lowest BCUT2D eigenvalue weighted by molar-refractivity contribution is 0.473. The number of nitrogens with one attached hydrogen (secondary N) is 1. The normalized spacial score (nSPS) is 11.1. The maximum Gasteiger partial charge on any atom is 0.216 e. The lowest BCUT2D eigenvalue weighted by Gasteiger charge is -2.05. The average molecular weight is 386 g/mol. The molecule has 6 heteroatoms. The highest BCUT2D eigenvalue weighted by Gasteiger charge is 2.04. The van der Waals surface area contributed by atoms with Gasteiger partial charge in [0.05, 0.1) is 5.69 Å². The molecule has 0 fully saturated rings. The molecule has 0 aliphatic carbocycles. The molecule has 0 amide bonds. The van der Waals surface area contributed by atoms with Crippen LogP contribution in [0, 0.1) is 20.8 Å². The SMILES string of the molecule is Cc1cccc(NC(N)=NCc2nc(C)c(C)o2)c1.I. The molecule has 2 aromatic rings. The van der Waals surface area contributed by atoms with E-state index in [4.69, 9.17) is 10.2 Å². The van der Waals surface area contributed by atoms with Gasteiger partial charge in [0.25, 0.3) is 0 Å². The first-order valence-electron chi connectivity index (χ1n) is 6.11. The molecule has 0 aliphatic heterocycles. The second kappa shape index (κ2) is 7.28. The Kier molecular flexibility index (Phi) is 6.00. The van der Waals surface area contributed by atoms with Crippen LogP contribution < -0.4 is 11.1 Å². The quantitative estimate of drug-likeness (QED) is 0.483. The van der Waals surface area contributed by atoms with Crippen LogP contribution in [-0.2, 0) is 6.54 Å². The topological polar surface area (TPSA) is 76.4 Å². The van der Waals surface area contributed by atoms with Gasteiger partial charge in [-0.15, -0.1) is 24.0 Å². The second-order valence-electron chi connectivity index (χ2n) is 4.45. The first-order chi connectivity index (χ1) is 9.04. The number of aromatic nitrogens is 1. The molecule has 0 atom stereocenters. The fourth-order valence-corrected chi connectivity index (χ4v) is 1.67. The van der Waals surface area contributed by atoms with Crippen LogP contribution in [0.2, 0.25) is 0 Å². The molecular weight excluding hydrogens is 367 g/mol. The van der Waals surface area contributed by atoms with E-state index in [1.807, 2.05) is 45.0 Å². The van der Waals surface area contributed by atoms with E-state index in [9.17, 15) is 0 Å². The van der Waals surface area contributed by atoms with Crippen LogP contribution in [0.25, 0.3) is 0 Å². The second-order valence-corrected chi connectivity index (χ2v) is 4.45. The zero-order valence-electron chi connectivity index (χ0n) is 11.8. The van der Waals surface area contributed by atoms with Crippen molar-refractivity contribution in [2.45, 2.75) is 27.3 Å². The van der Waals surface area contributed by atoms with Gasteiger partial charge in [0.2, 0.25) is 5.89 Å². The van der Waals surface area contributed by atoms with E-state index in [-0.39, 0.29) is 24.0 Å². The number of hydrogen-bond donors (Lipinski definition) is 2. The molecule has 2 rings (SSSR count). The van der Waals surface area contributed by atoms with Gasteiger partial charge in [-0.1, -0.05) is 12.1 Å². The van der Waals surface area contributed by atoms with Gasteiger partial charge < -0.3 is 15.5 Å².